The summed E-state index contributed by atoms with van der Waals surface area (Å²) >= 11 is 0. The Morgan fingerprint density at radius 2 is 2.25 bits per heavy atom. The summed E-state index contributed by atoms with van der Waals surface area (Å²) in [6.45, 7) is 1.32. The van der Waals surface area contributed by atoms with Crippen LogP contribution in [0, 0.1) is 0 Å². The molecule has 3 N–H and O–H groups in total. The van der Waals surface area contributed by atoms with Crippen molar-refractivity contribution in [1.29, 1.82) is 0 Å². The van der Waals surface area contributed by atoms with Gasteiger partial charge in [0.25, 0.3) is 0 Å². The van der Waals surface area contributed by atoms with Gasteiger partial charge in [0.15, 0.2) is 0 Å². The summed E-state index contributed by atoms with van der Waals surface area (Å²) in [6, 6.07) is 5.06. The molecular weight excluding hydrogens is 154 g/mol. The van der Waals surface area contributed by atoms with E-state index in [-0.39, 0.29) is 5.75 Å². The van der Waals surface area contributed by atoms with Crippen LogP contribution in [0.5, 0.6) is 5.75 Å². The predicted molar refractivity (Wildman–Crippen MR) is 44.8 cm³/mol. The number of hydrogen-bond donors (Lipinski definition) is 3. The fraction of sp³-hybridized carbons (Fsp3) is 0.333. The first-order valence-corrected chi connectivity index (χ1v) is 3.98. The largest absolute Gasteiger partial charge is 0.508 e. The van der Waals surface area contributed by atoms with Crippen molar-refractivity contribution in [2.24, 2.45) is 0 Å². The molecule has 0 amide bonds. The van der Waals surface area contributed by atoms with Gasteiger partial charge in [-0.25, -0.2) is 0 Å². The number of phenolic OH excluding ortho intramolecular Hbond substituents is 1. The first-order chi connectivity index (χ1) is 5.77. The van der Waals surface area contributed by atoms with Crippen molar-refractivity contribution in [3.63, 3.8) is 0 Å². The van der Waals surface area contributed by atoms with Gasteiger partial charge in [-0.05, 0) is 23.3 Å². The highest BCUT2D eigenvalue weighted by Gasteiger charge is 2.16. The zero-order valence-corrected chi connectivity index (χ0v) is 6.62. The lowest BCUT2D eigenvalue weighted by molar-refractivity contribution is 0.165. The molecule has 1 atom stereocenters. The minimum absolute atomic E-state index is 0.254. The normalized spacial score (nSPS) is 21.9. The summed E-state index contributed by atoms with van der Waals surface area (Å²) in [5.74, 6) is 0.254. The monoisotopic (exact) mass is 165 g/mol. The third-order valence-corrected chi connectivity index (χ3v) is 2.14. The van der Waals surface area contributed by atoms with Gasteiger partial charge in [0.1, 0.15) is 5.75 Å². The van der Waals surface area contributed by atoms with Crippen molar-refractivity contribution in [1.82, 2.24) is 5.32 Å². The van der Waals surface area contributed by atoms with Crippen LogP contribution < -0.4 is 5.32 Å². The Balaban J connectivity index is 2.46. The van der Waals surface area contributed by atoms with Crippen LogP contribution in [0.3, 0.4) is 0 Å². The Bertz CT molecular complexity index is 299. The molecule has 3 heteroatoms. The molecule has 1 aromatic rings. The molecule has 64 valence electrons. The van der Waals surface area contributed by atoms with Crippen LogP contribution in [0.15, 0.2) is 18.2 Å². The summed E-state index contributed by atoms with van der Waals surface area (Å²) in [7, 11) is 0. The molecule has 2 rings (SSSR count). The average molecular weight is 165 g/mol. The van der Waals surface area contributed by atoms with Crippen molar-refractivity contribution < 1.29 is 10.2 Å². The van der Waals surface area contributed by atoms with Gasteiger partial charge in [0.2, 0.25) is 0 Å². The van der Waals surface area contributed by atoms with Crippen molar-refractivity contribution >= 4 is 0 Å². The second kappa shape index (κ2) is 2.77. The highest BCUT2D eigenvalue weighted by Crippen LogP contribution is 2.24. The fourth-order valence-electron chi connectivity index (χ4n) is 1.52. The van der Waals surface area contributed by atoms with Crippen LogP contribution in [0.1, 0.15) is 17.2 Å². The van der Waals surface area contributed by atoms with E-state index < -0.39 is 6.10 Å². The first-order valence-electron chi connectivity index (χ1n) is 3.98. The number of aliphatic hydroxyl groups is 1. The fourth-order valence-corrected chi connectivity index (χ4v) is 1.52. The number of aliphatic hydroxyl groups excluding tert-OH is 1. The lowest BCUT2D eigenvalue weighted by atomic mass is 9.99. The number of fused-ring (bicyclic) bond motifs is 1. The van der Waals surface area contributed by atoms with Crippen LogP contribution in [0.25, 0.3) is 0 Å². The maximum absolute atomic E-state index is 9.51. The standard InChI is InChI=1S/C9H11NO2/c11-7-1-2-8-6(3-7)4-10-5-9(8)12/h1-3,9-12H,4-5H2. The van der Waals surface area contributed by atoms with Crippen LogP contribution >= 0.6 is 0 Å². The molecular formula is C9H11NO2. The molecule has 0 bridgehead atoms. The molecule has 0 aromatic heterocycles. The highest BCUT2D eigenvalue weighted by atomic mass is 16.3. The smallest absolute Gasteiger partial charge is 0.115 e. The zero-order chi connectivity index (χ0) is 8.55. The van der Waals surface area contributed by atoms with Crippen LogP contribution in [-0.4, -0.2) is 16.8 Å². The third kappa shape index (κ3) is 1.17. The summed E-state index contributed by atoms with van der Waals surface area (Å²) < 4.78 is 0. The van der Waals surface area contributed by atoms with E-state index in [2.05, 4.69) is 5.32 Å². The minimum Gasteiger partial charge on any atom is -0.508 e. The maximum atomic E-state index is 9.51. The van der Waals surface area contributed by atoms with E-state index in [4.69, 9.17) is 5.11 Å². The Morgan fingerprint density at radius 3 is 3.08 bits per heavy atom. The van der Waals surface area contributed by atoms with Gasteiger partial charge < -0.3 is 15.5 Å². The van der Waals surface area contributed by atoms with Crippen molar-refractivity contribution in [3.8, 4) is 5.75 Å². The Hall–Kier alpha value is -1.06. The minimum atomic E-state index is -0.436. The molecule has 1 aliphatic rings. The lowest BCUT2D eigenvalue weighted by Gasteiger charge is -2.22. The molecule has 12 heavy (non-hydrogen) atoms. The molecule has 1 heterocycles. The Morgan fingerprint density at radius 1 is 1.42 bits per heavy atom. The van der Waals surface area contributed by atoms with Crippen molar-refractivity contribution in [3.05, 3.63) is 29.3 Å². The van der Waals surface area contributed by atoms with E-state index in [1.807, 2.05) is 0 Å². The summed E-state index contributed by atoms with van der Waals surface area (Å²) in [5, 5.41) is 21.7. The van der Waals surface area contributed by atoms with Gasteiger partial charge in [-0.1, -0.05) is 6.07 Å². The van der Waals surface area contributed by atoms with Crippen LogP contribution in [0.2, 0.25) is 0 Å². The molecule has 1 unspecified atom stereocenters. The molecule has 0 saturated carbocycles. The van der Waals surface area contributed by atoms with Gasteiger partial charge in [-0.15, -0.1) is 0 Å². The van der Waals surface area contributed by atoms with Gasteiger partial charge in [-0.2, -0.15) is 0 Å². The Kier molecular flexibility index (Phi) is 1.75. The summed E-state index contributed by atoms with van der Waals surface area (Å²) in [4.78, 5) is 0. The first kappa shape index (κ1) is 7.58. The second-order valence-electron chi connectivity index (χ2n) is 3.03. The number of β-amino-alcohol motifs (C(OH)–C–C–N with tert-alkyl or cyclic N) is 1. The second-order valence-corrected chi connectivity index (χ2v) is 3.03. The van der Waals surface area contributed by atoms with Gasteiger partial charge in [0, 0.05) is 13.1 Å². The average Bonchev–Trinajstić information content (AvgIpc) is 2.04. The zero-order valence-electron chi connectivity index (χ0n) is 6.62. The highest BCUT2D eigenvalue weighted by molar-refractivity contribution is 5.37. The molecule has 0 saturated heterocycles. The number of nitrogens with one attached hydrogen (secondary N) is 1. The SMILES string of the molecule is Oc1ccc2c(c1)CNCC2O. The molecule has 3 nitrogen and oxygen atoms in total. The molecule has 1 aliphatic heterocycles. The van der Waals surface area contributed by atoms with E-state index in [0.717, 1.165) is 17.7 Å². The lowest BCUT2D eigenvalue weighted by Crippen LogP contribution is -2.27. The van der Waals surface area contributed by atoms with Crippen molar-refractivity contribution in [2.75, 3.05) is 6.54 Å². The number of hydrogen-bond acceptors (Lipinski definition) is 3. The Labute approximate surface area is 70.7 Å². The molecule has 0 radical (unpaired) electrons. The molecule has 0 spiro atoms. The van der Waals surface area contributed by atoms with E-state index >= 15 is 0 Å². The predicted octanol–water partition coefficient (Wildman–Crippen LogP) is 0.529. The van der Waals surface area contributed by atoms with E-state index in [0.29, 0.717) is 6.54 Å². The quantitative estimate of drug-likeness (QED) is 0.525. The third-order valence-electron chi connectivity index (χ3n) is 2.14. The number of benzene rings is 1. The maximum Gasteiger partial charge on any atom is 0.115 e. The number of phenols is 1. The van der Waals surface area contributed by atoms with Gasteiger partial charge in [0.05, 0.1) is 6.10 Å². The molecule has 0 fully saturated rings. The summed E-state index contributed by atoms with van der Waals surface area (Å²) in [6.07, 6.45) is -0.436. The molecule has 1 aromatic carbocycles. The number of rotatable bonds is 0. The van der Waals surface area contributed by atoms with Gasteiger partial charge in [-0.3, -0.25) is 0 Å². The molecule has 0 aliphatic carbocycles. The van der Waals surface area contributed by atoms with E-state index in [1.165, 1.54) is 0 Å². The van der Waals surface area contributed by atoms with Crippen LogP contribution in [-0.2, 0) is 6.54 Å². The van der Waals surface area contributed by atoms with Crippen molar-refractivity contribution in [2.45, 2.75) is 12.6 Å². The summed E-state index contributed by atoms with van der Waals surface area (Å²) in [5.41, 5.74) is 1.90. The van der Waals surface area contributed by atoms with E-state index in [1.54, 1.807) is 18.2 Å². The topological polar surface area (TPSA) is 52.5 Å². The number of aromatic hydroxyl groups is 1. The van der Waals surface area contributed by atoms with Gasteiger partial charge >= 0.3 is 0 Å². The van der Waals surface area contributed by atoms with E-state index in [9.17, 15) is 5.11 Å². The van der Waals surface area contributed by atoms with Crippen LogP contribution in [0.4, 0.5) is 0 Å².